The molecule has 1 saturated carbocycles. The van der Waals surface area contributed by atoms with Gasteiger partial charge in [0.15, 0.2) is 5.01 Å². The van der Waals surface area contributed by atoms with E-state index in [9.17, 15) is 4.79 Å². The Kier molecular flexibility index (Phi) is 9.13. The largest absolute Gasteiger partial charge is 0.477 e. The van der Waals surface area contributed by atoms with E-state index in [1.54, 1.807) is 51.0 Å². The fourth-order valence-corrected chi connectivity index (χ4v) is 3.85. The quantitative estimate of drug-likeness (QED) is 0.446. The highest BCUT2D eigenvalue weighted by Crippen LogP contribution is 2.33. The van der Waals surface area contributed by atoms with E-state index in [1.807, 2.05) is 13.0 Å². The Labute approximate surface area is 194 Å². The van der Waals surface area contributed by atoms with Crippen LogP contribution in [0.5, 0.6) is 5.88 Å². The first-order valence-corrected chi connectivity index (χ1v) is 11.7. The second-order valence-electron chi connectivity index (χ2n) is 6.57. The molecule has 32 heavy (non-hydrogen) atoms. The maximum atomic E-state index is 12.4. The minimum atomic E-state index is -0.288. The molecule has 0 saturated heterocycles. The molecule has 170 valence electrons. The molecule has 12 heteroatoms. The van der Waals surface area contributed by atoms with Crippen LogP contribution in [0.4, 0.5) is 5.82 Å². The van der Waals surface area contributed by atoms with Crippen molar-refractivity contribution in [2.75, 3.05) is 25.5 Å². The molecule has 0 spiro atoms. The first kappa shape index (κ1) is 23.8. The van der Waals surface area contributed by atoms with Crippen LogP contribution in [0.25, 0.3) is 10.6 Å². The molecule has 2 N–H and O–H groups in total. The predicted octanol–water partition coefficient (Wildman–Crippen LogP) is 3.20. The van der Waals surface area contributed by atoms with Crippen LogP contribution in [0.15, 0.2) is 30.9 Å². The van der Waals surface area contributed by atoms with Crippen LogP contribution >= 0.6 is 23.3 Å². The monoisotopic (exact) mass is 475 g/mol. The fourth-order valence-electron chi connectivity index (χ4n) is 2.29. The first-order valence-electron chi connectivity index (χ1n) is 9.95. The lowest BCUT2D eigenvalue weighted by molar-refractivity contribution is 0.0949. The summed E-state index contributed by atoms with van der Waals surface area (Å²) in [4.78, 5) is 34.5. The number of carbonyl (C=O) groups excluding carboxylic acids is 1. The number of amides is 1. The molecule has 1 amide bonds. The van der Waals surface area contributed by atoms with Crippen molar-refractivity contribution < 1.29 is 14.3 Å². The third-order valence-electron chi connectivity index (χ3n) is 3.82. The summed E-state index contributed by atoms with van der Waals surface area (Å²) in [5.41, 5.74) is 0.614. The third kappa shape index (κ3) is 7.39. The first-order chi connectivity index (χ1) is 15.6. The van der Waals surface area contributed by atoms with Gasteiger partial charge in [-0.3, -0.25) is 9.78 Å². The number of hydrogen-bond acceptors (Lipinski definition) is 11. The number of aromatic nitrogens is 5. The Hall–Kier alpha value is -2.83. The fraction of sp³-hybridized carbons (Fsp3) is 0.400. The second kappa shape index (κ2) is 12.3. The van der Waals surface area contributed by atoms with E-state index >= 15 is 0 Å². The van der Waals surface area contributed by atoms with Gasteiger partial charge in [0.1, 0.15) is 17.3 Å². The highest BCUT2D eigenvalue weighted by Gasteiger charge is 2.22. The summed E-state index contributed by atoms with van der Waals surface area (Å²) in [5.74, 6) is 1.43. The molecule has 10 nitrogen and oxygen atoms in total. The Bertz CT molecular complexity index is 1010. The highest BCUT2D eigenvalue weighted by molar-refractivity contribution is 8.01. The molecule has 0 unspecified atom stereocenters. The standard InChI is InChI=1S/C18H19N7O2S2.C2H6O/c1-2-27-16-10-19-7-12(23-16)13-8-22-18(28-13)17(26)21-9-15-20-6-5-14(24-15)25-29-11-3-4-11;1-3-2/h5-8,10-11H,2-4,9H2,1H3,(H,21,26)(H,20,24,25);1-2H3. The SMILES string of the molecule is CCOc1cncc(-c2cnc(C(=O)NCc3nccc(NSC4CC4)n3)s2)n1.COC. The molecule has 1 aliphatic rings. The molecule has 0 radical (unpaired) electrons. The van der Waals surface area contributed by atoms with Gasteiger partial charge in [0, 0.05) is 31.9 Å². The molecule has 4 rings (SSSR count). The van der Waals surface area contributed by atoms with E-state index in [1.165, 1.54) is 24.2 Å². The molecule has 1 fully saturated rings. The Balaban J connectivity index is 0.000000913. The zero-order valence-corrected chi connectivity index (χ0v) is 19.7. The smallest absolute Gasteiger partial charge is 0.280 e. The van der Waals surface area contributed by atoms with Crippen molar-refractivity contribution in [2.24, 2.45) is 0 Å². The number of ether oxygens (including phenoxy) is 2. The average molecular weight is 476 g/mol. The molecular weight excluding hydrogens is 450 g/mol. The second-order valence-corrected chi connectivity index (χ2v) is 8.71. The van der Waals surface area contributed by atoms with Crippen molar-refractivity contribution in [3.8, 4) is 16.5 Å². The topological polar surface area (TPSA) is 124 Å². The predicted molar refractivity (Wildman–Crippen MR) is 125 cm³/mol. The molecule has 0 aliphatic heterocycles. The van der Waals surface area contributed by atoms with Crippen molar-refractivity contribution >= 4 is 35.0 Å². The maximum Gasteiger partial charge on any atom is 0.280 e. The summed E-state index contributed by atoms with van der Waals surface area (Å²) < 4.78 is 12.8. The molecule has 0 aromatic carbocycles. The molecule has 3 heterocycles. The van der Waals surface area contributed by atoms with Crippen LogP contribution < -0.4 is 14.8 Å². The molecule has 0 atom stereocenters. The number of thiazole rings is 1. The van der Waals surface area contributed by atoms with Gasteiger partial charge in [0.2, 0.25) is 5.88 Å². The number of hydrogen-bond donors (Lipinski definition) is 2. The van der Waals surface area contributed by atoms with Crippen molar-refractivity contribution in [3.63, 3.8) is 0 Å². The Morgan fingerprint density at radius 2 is 2.03 bits per heavy atom. The summed E-state index contributed by atoms with van der Waals surface area (Å²) in [7, 11) is 3.25. The van der Waals surface area contributed by atoms with Crippen molar-refractivity contribution in [1.29, 1.82) is 0 Å². The van der Waals surface area contributed by atoms with Crippen LogP contribution in [0.1, 0.15) is 35.4 Å². The molecule has 0 bridgehead atoms. The number of anilines is 1. The number of nitrogens with one attached hydrogen (secondary N) is 2. The van der Waals surface area contributed by atoms with E-state index < -0.39 is 0 Å². The Morgan fingerprint density at radius 1 is 1.22 bits per heavy atom. The molecular formula is C20H25N7O3S2. The summed E-state index contributed by atoms with van der Waals surface area (Å²) in [6.45, 7) is 2.61. The Morgan fingerprint density at radius 3 is 2.78 bits per heavy atom. The summed E-state index contributed by atoms with van der Waals surface area (Å²) in [6.07, 6.45) is 8.93. The van der Waals surface area contributed by atoms with Gasteiger partial charge in [-0.15, -0.1) is 11.3 Å². The van der Waals surface area contributed by atoms with E-state index in [2.05, 4.69) is 39.7 Å². The average Bonchev–Trinajstić information content (AvgIpc) is 3.50. The normalized spacial score (nSPS) is 12.5. The van der Waals surface area contributed by atoms with E-state index in [0.29, 0.717) is 34.3 Å². The molecule has 3 aromatic rings. The molecule has 3 aromatic heterocycles. The van der Waals surface area contributed by atoms with Crippen molar-refractivity contribution in [3.05, 3.63) is 41.7 Å². The number of nitrogens with zero attached hydrogens (tertiary/aromatic N) is 5. The number of carbonyl (C=O) groups is 1. The molecule has 1 aliphatic carbocycles. The van der Waals surface area contributed by atoms with Crippen LogP contribution in [-0.2, 0) is 11.3 Å². The lowest BCUT2D eigenvalue weighted by Crippen LogP contribution is -2.23. The van der Waals surface area contributed by atoms with Gasteiger partial charge >= 0.3 is 0 Å². The van der Waals surface area contributed by atoms with Crippen molar-refractivity contribution in [1.82, 2.24) is 30.2 Å². The van der Waals surface area contributed by atoms with Crippen LogP contribution in [0, 0.1) is 0 Å². The van der Waals surface area contributed by atoms with Crippen LogP contribution in [0.2, 0.25) is 0 Å². The minimum Gasteiger partial charge on any atom is -0.477 e. The van der Waals surface area contributed by atoms with Gasteiger partial charge in [-0.1, -0.05) is 0 Å². The lowest BCUT2D eigenvalue weighted by Gasteiger charge is -2.06. The minimum absolute atomic E-state index is 0.219. The van der Waals surface area contributed by atoms with E-state index in [0.717, 1.165) is 10.7 Å². The third-order valence-corrected chi connectivity index (χ3v) is 5.97. The van der Waals surface area contributed by atoms with Gasteiger partial charge in [0.25, 0.3) is 5.91 Å². The van der Waals surface area contributed by atoms with Crippen LogP contribution in [-0.4, -0.2) is 56.9 Å². The van der Waals surface area contributed by atoms with Gasteiger partial charge in [-0.05, 0) is 37.8 Å². The number of methoxy groups -OCH3 is 1. The maximum absolute atomic E-state index is 12.4. The zero-order chi connectivity index (χ0) is 22.8. The summed E-state index contributed by atoms with van der Waals surface area (Å²) >= 11 is 2.91. The lowest BCUT2D eigenvalue weighted by atomic mass is 10.4. The van der Waals surface area contributed by atoms with Gasteiger partial charge in [0.05, 0.1) is 30.4 Å². The number of rotatable bonds is 9. The van der Waals surface area contributed by atoms with Gasteiger partial charge in [-0.25, -0.2) is 19.9 Å². The zero-order valence-electron chi connectivity index (χ0n) is 18.1. The van der Waals surface area contributed by atoms with Gasteiger partial charge in [-0.2, -0.15) is 0 Å². The van der Waals surface area contributed by atoms with Crippen molar-refractivity contribution in [2.45, 2.75) is 31.6 Å². The summed E-state index contributed by atoms with van der Waals surface area (Å²) in [5, 5.41) is 3.81. The highest BCUT2D eigenvalue weighted by atomic mass is 32.2. The summed E-state index contributed by atoms with van der Waals surface area (Å²) in [6, 6.07) is 1.81. The van der Waals surface area contributed by atoms with E-state index in [4.69, 9.17) is 4.74 Å². The van der Waals surface area contributed by atoms with Gasteiger partial charge < -0.3 is 19.5 Å². The van der Waals surface area contributed by atoms with E-state index in [-0.39, 0.29) is 12.5 Å². The van der Waals surface area contributed by atoms with Crippen LogP contribution in [0.3, 0.4) is 0 Å².